The van der Waals surface area contributed by atoms with E-state index in [1.807, 2.05) is 24.3 Å². The summed E-state index contributed by atoms with van der Waals surface area (Å²) in [5, 5.41) is 0. The zero-order chi connectivity index (χ0) is 22.8. The topological polar surface area (TPSA) is 80.2 Å². The summed E-state index contributed by atoms with van der Waals surface area (Å²) >= 11 is 1.39. The summed E-state index contributed by atoms with van der Waals surface area (Å²) in [5.74, 6) is 1.49. The summed E-state index contributed by atoms with van der Waals surface area (Å²) in [7, 11) is 1.73. The van der Waals surface area contributed by atoms with Crippen molar-refractivity contribution in [3.63, 3.8) is 0 Å². The van der Waals surface area contributed by atoms with Crippen LogP contribution in [0.3, 0.4) is 0 Å². The van der Waals surface area contributed by atoms with Gasteiger partial charge in [0.1, 0.15) is 16.0 Å². The Morgan fingerprint density at radius 3 is 2.85 bits per heavy atom. The molecule has 172 valence electrons. The van der Waals surface area contributed by atoms with Gasteiger partial charge < -0.3 is 14.6 Å². The van der Waals surface area contributed by atoms with Crippen molar-refractivity contribution in [2.24, 2.45) is 0 Å². The molecule has 4 aromatic rings. The first-order chi connectivity index (χ1) is 16.2. The molecule has 0 aliphatic carbocycles. The van der Waals surface area contributed by atoms with E-state index in [-0.39, 0.29) is 11.2 Å². The van der Waals surface area contributed by atoms with Crippen LogP contribution in [0, 0.1) is 0 Å². The van der Waals surface area contributed by atoms with E-state index in [1.165, 1.54) is 21.5 Å². The van der Waals surface area contributed by atoms with Crippen LogP contribution in [0.2, 0.25) is 0 Å². The van der Waals surface area contributed by atoms with Crippen LogP contribution in [-0.4, -0.2) is 46.2 Å². The van der Waals surface area contributed by atoms with Crippen molar-refractivity contribution < 1.29 is 4.74 Å². The first kappa shape index (κ1) is 21.9. The number of ether oxygens (including phenoxy) is 1. The second-order valence-electron chi connectivity index (χ2n) is 8.63. The zero-order valence-electron chi connectivity index (χ0n) is 18.8. The van der Waals surface area contributed by atoms with Crippen molar-refractivity contribution >= 4 is 31.8 Å². The number of nitrogens with zero attached hydrogens (tertiary/aromatic N) is 3. The molecule has 0 amide bonds. The number of para-hydroxylation sites is 1. The number of thiophene rings is 1. The van der Waals surface area contributed by atoms with Crippen LogP contribution in [0.25, 0.3) is 20.4 Å². The lowest BCUT2D eigenvalue weighted by atomic mass is 9.97. The number of rotatable bonds is 8. The molecule has 1 atom stereocenters. The van der Waals surface area contributed by atoms with Crippen molar-refractivity contribution in [3.8, 4) is 5.75 Å². The molecule has 3 aromatic heterocycles. The Labute approximate surface area is 195 Å². The van der Waals surface area contributed by atoms with Crippen molar-refractivity contribution in [2.45, 2.75) is 38.1 Å². The molecule has 1 fully saturated rings. The fourth-order valence-electron chi connectivity index (χ4n) is 4.86. The second kappa shape index (κ2) is 9.49. The van der Waals surface area contributed by atoms with Crippen molar-refractivity contribution in [1.29, 1.82) is 0 Å². The maximum atomic E-state index is 12.9. The minimum Gasteiger partial charge on any atom is -0.496 e. The smallest absolute Gasteiger partial charge is 0.328 e. The SMILES string of the molecule is COc1ccccc1[C@@H]1CCN(CCCCCn2c(=O)[nH]c3c(sc4cccnc43)c2=O)C1. The number of unbranched alkanes of at least 4 members (excludes halogenated alkanes) is 2. The van der Waals surface area contributed by atoms with E-state index in [9.17, 15) is 9.59 Å². The highest BCUT2D eigenvalue weighted by Gasteiger charge is 2.25. The van der Waals surface area contributed by atoms with Crippen LogP contribution in [0.4, 0.5) is 0 Å². The van der Waals surface area contributed by atoms with Gasteiger partial charge >= 0.3 is 5.69 Å². The molecule has 0 saturated carbocycles. The Kier molecular flexibility index (Phi) is 6.28. The Bertz CT molecular complexity index is 1390. The van der Waals surface area contributed by atoms with Crippen molar-refractivity contribution in [2.75, 3.05) is 26.7 Å². The summed E-state index contributed by atoms with van der Waals surface area (Å²) in [4.78, 5) is 35.2. The zero-order valence-corrected chi connectivity index (χ0v) is 19.6. The maximum Gasteiger partial charge on any atom is 0.328 e. The van der Waals surface area contributed by atoms with Crippen LogP contribution in [0.15, 0.2) is 52.2 Å². The van der Waals surface area contributed by atoms with Crippen molar-refractivity contribution in [1.82, 2.24) is 19.4 Å². The highest BCUT2D eigenvalue weighted by Crippen LogP contribution is 2.33. The maximum absolute atomic E-state index is 12.9. The molecule has 0 bridgehead atoms. The molecular weight excluding hydrogens is 436 g/mol. The van der Waals surface area contributed by atoms with Crippen LogP contribution in [-0.2, 0) is 6.54 Å². The second-order valence-corrected chi connectivity index (χ2v) is 9.68. The molecule has 33 heavy (non-hydrogen) atoms. The van der Waals surface area contributed by atoms with Crippen LogP contribution in [0.1, 0.15) is 37.2 Å². The van der Waals surface area contributed by atoms with E-state index in [2.05, 4.69) is 27.0 Å². The number of methoxy groups -OCH3 is 1. The van der Waals surface area contributed by atoms with Crippen LogP contribution >= 0.6 is 11.3 Å². The van der Waals surface area contributed by atoms with E-state index in [0.29, 0.717) is 28.2 Å². The third kappa shape index (κ3) is 4.32. The lowest BCUT2D eigenvalue weighted by molar-refractivity contribution is 0.321. The van der Waals surface area contributed by atoms with Gasteiger partial charge in [0.05, 0.1) is 17.3 Å². The fraction of sp³-hybridized carbons (Fsp3) is 0.400. The van der Waals surface area contributed by atoms with Gasteiger partial charge in [-0.15, -0.1) is 11.3 Å². The average Bonchev–Trinajstić information content (AvgIpc) is 3.46. The number of H-pyrrole nitrogens is 1. The van der Waals surface area contributed by atoms with Gasteiger partial charge in [0.15, 0.2) is 0 Å². The molecule has 0 radical (unpaired) electrons. The Balaban J connectivity index is 1.16. The van der Waals surface area contributed by atoms with E-state index < -0.39 is 0 Å². The van der Waals surface area contributed by atoms with Gasteiger partial charge in [-0.1, -0.05) is 24.6 Å². The molecule has 4 heterocycles. The quantitative estimate of drug-likeness (QED) is 0.399. The number of nitrogens with one attached hydrogen (secondary N) is 1. The third-order valence-electron chi connectivity index (χ3n) is 6.57. The van der Waals surface area contributed by atoms with Crippen LogP contribution in [0.5, 0.6) is 5.75 Å². The number of fused-ring (bicyclic) bond motifs is 3. The van der Waals surface area contributed by atoms with Gasteiger partial charge in [-0.2, -0.15) is 0 Å². The third-order valence-corrected chi connectivity index (χ3v) is 7.70. The van der Waals surface area contributed by atoms with Crippen LogP contribution < -0.4 is 16.0 Å². The lowest BCUT2D eigenvalue weighted by Crippen LogP contribution is -2.34. The summed E-state index contributed by atoms with van der Waals surface area (Å²) in [6, 6.07) is 12.1. The predicted molar refractivity (Wildman–Crippen MR) is 133 cm³/mol. The van der Waals surface area contributed by atoms with E-state index in [1.54, 1.807) is 13.3 Å². The predicted octanol–water partition coefficient (Wildman–Crippen LogP) is 3.97. The monoisotopic (exact) mass is 464 g/mol. The molecule has 5 rings (SSSR count). The molecule has 7 nitrogen and oxygen atoms in total. The molecule has 0 unspecified atom stereocenters. The number of pyridine rings is 1. The van der Waals surface area contributed by atoms with E-state index in [4.69, 9.17) is 4.74 Å². The minimum atomic E-state index is -0.350. The standard InChI is InChI=1S/C25H28N4O3S/c1-32-19-9-4-3-8-18(19)17-11-15-28(16-17)13-5-2-6-14-29-24(30)23-22(27-25(29)31)21-20(33-23)10-7-12-26-21/h3-4,7-10,12,17H,2,5-6,11,13-16H2,1H3,(H,27,31)/t17-/m1/s1. The number of hydrogen-bond donors (Lipinski definition) is 1. The molecule has 8 heteroatoms. The van der Waals surface area contributed by atoms with Gasteiger partial charge in [0, 0.05) is 25.2 Å². The Morgan fingerprint density at radius 1 is 1.12 bits per heavy atom. The van der Waals surface area contributed by atoms with Gasteiger partial charge in [-0.3, -0.25) is 14.3 Å². The molecule has 1 aliphatic heterocycles. The van der Waals surface area contributed by atoms with E-state index >= 15 is 0 Å². The fourth-order valence-corrected chi connectivity index (χ4v) is 5.93. The first-order valence-electron chi connectivity index (χ1n) is 11.5. The van der Waals surface area contributed by atoms with Gasteiger partial charge in [-0.05, 0) is 56.1 Å². The Hall–Kier alpha value is -2.97. The summed E-state index contributed by atoms with van der Waals surface area (Å²) in [6.07, 6.45) is 5.67. The molecule has 0 spiro atoms. The molecule has 1 N–H and O–H groups in total. The van der Waals surface area contributed by atoms with E-state index in [0.717, 1.165) is 55.8 Å². The highest BCUT2D eigenvalue weighted by molar-refractivity contribution is 7.25. The summed E-state index contributed by atoms with van der Waals surface area (Å²) in [6.45, 7) is 3.63. The van der Waals surface area contributed by atoms with Gasteiger partial charge in [0.2, 0.25) is 0 Å². The average molecular weight is 465 g/mol. The Morgan fingerprint density at radius 2 is 1.97 bits per heavy atom. The lowest BCUT2D eigenvalue weighted by Gasteiger charge is -2.17. The summed E-state index contributed by atoms with van der Waals surface area (Å²) < 4.78 is 8.36. The number of aromatic nitrogens is 3. The van der Waals surface area contributed by atoms with Gasteiger partial charge in [-0.25, -0.2) is 4.79 Å². The molecule has 1 saturated heterocycles. The van der Waals surface area contributed by atoms with Gasteiger partial charge in [0.25, 0.3) is 5.56 Å². The molecular formula is C25H28N4O3S. The summed E-state index contributed by atoms with van der Waals surface area (Å²) in [5.41, 5.74) is 1.98. The normalized spacial score (nSPS) is 16.7. The largest absolute Gasteiger partial charge is 0.496 e. The molecule has 1 aromatic carbocycles. The molecule has 1 aliphatic rings. The number of hydrogen-bond acceptors (Lipinski definition) is 6. The first-order valence-corrected chi connectivity index (χ1v) is 12.3. The number of aromatic amines is 1. The minimum absolute atomic E-state index is 0.212. The number of likely N-dealkylation sites (tertiary alicyclic amines) is 1. The highest BCUT2D eigenvalue weighted by atomic mass is 32.1. The number of benzene rings is 1. The van der Waals surface area contributed by atoms with Crippen molar-refractivity contribution in [3.05, 3.63) is 69.0 Å².